The van der Waals surface area contributed by atoms with E-state index in [-0.39, 0.29) is 5.78 Å². The average Bonchev–Trinajstić information content (AvgIpc) is 1.85. The minimum absolute atomic E-state index is 0.176. The Hall–Kier alpha value is -0.630. The molecule has 0 saturated carbocycles. The zero-order valence-electron chi connectivity index (χ0n) is 7.26. The van der Waals surface area contributed by atoms with Crippen LogP contribution in [0.25, 0.3) is 0 Å². The molecule has 0 aliphatic carbocycles. The quantitative estimate of drug-likeness (QED) is 0.528. The molecule has 2 nitrogen and oxygen atoms in total. The third-order valence-electron chi connectivity index (χ3n) is 1.92. The highest BCUT2D eigenvalue weighted by Gasteiger charge is 2.09. The van der Waals surface area contributed by atoms with E-state index < -0.39 is 0 Å². The second kappa shape index (κ2) is 3.67. The predicted octanol–water partition coefficient (Wildman–Crippen LogP) is 1.23. The maximum atomic E-state index is 10.7. The second-order valence-corrected chi connectivity index (χ2v) is 3.25. The summed E-state index contributed by atoms with van der Waals surface area (Å²) in [4.78, 5) is 13.0. The molecule has 62 valence electrons. The van der Waals surface area contributed by atoms with Gasteiger partial charge in [-0.1, -0.05) is 5.57 Å². The summed E-state index contributed by atoms with van der Waals surface area (Å²) in [5.41, 5.74) is 1.28. The summed E-state index contributed by atoms with van der Waals surface area (Å²) < 4.78 is 0. The van der Waals surface area contributed by atoms with Gasteiger partial charge >= 0.3 is 0 Å². The van der Waals surface area contributed by atoms with Crippen LogP contribution in [0.4, 0.5) is 0 Å². The number of rotatable bonds is 1. The van der Waals surface area contributed by atoms with Crippen molar-refractivity contribution in [3.8, 4) is 0 Å². The first kappa shape index (κ1) is 8.47. The lowest BCUT2D eigenvalue weighted by molar-refractivity contribution is -0.112. The molecule has 1 rings (SSSR count). The van der Waals surface area contributed by atoms with Gasteiger partial charge in [-0.15, -0.1) is 0 Å². The van der Waals surface area contributed by atoms with Gasteiger partial charge in [-0.25, -0.2) is 0 Å². The van der Waals surface area contributed by atoms with E-state index >= 15 is 0 Å². The van der Waals surface area contributed by atoms with E-state index in [2.05, 4.69) is 11.9 Å². The molecule has 0 unspecified atom stereocenters. The van der Waals surface area contributed by atoms with Crippen LogP contribution in [0, 0.1) is 0 Å². The number of hydrogen-bond acceptors (Lipinski definition) is 2. The van der Waals surface area contributed by atoms with Gasteiger partial charge in [0.05, 0.1) is 0 Å². The number of nitrogens with zero attached hydrogens (tertiary/aromatic N) is 1. The van der Waals surface area contributed by atoms with Gasteiger partial charge in [0.25, 0.3) is 0 Å². The van der Waals surface area contributed by atoms with Crippen molar-refractivity contribution >= 4 is 5.78 Å². The lowest BCUT2D eigenvalue weighted by Crippen LogP contribution is -2.27. The molecule has 1 fully saturated rings. The molecule has 0 radical (unpaired) electrons. The van der Waals surface area contributed by atoms with E-state index in [0.29, 0.717) is 0 Å². The molecule has 11 heavy (non-hydrogen) atoms. The fourth-order valence-corrected chi connectivity index (χ4v) is 1.49. The maximum absolute atomic E-state index is 10.7. The summed E-state index contributed by atoms with van der Waals surface area (Å²) in [5.74, 6) is 0.176. The standard InChI is InChI=1S/C9H15NO/c1-8(11)6-9-4-3-5-10(2)7-9/h6H,3-5,7H2,1-2H3. The third kappa shape index (κ3) is 2.85. The molecule has 2 heteroatoms. The van der Waals surface area contributed by atoms with Crippen LogP contribution in [0.1, 0.15) is 19.8 Å². The molecular formula is C9H15NO. The summed E-state index contributed by atoms with van der Waals surface area (Å²) in [5, 5.41) is 0. The van der Waals surface area contributed by atoms with E-state index in [1.54, 1.807) is 13.0 Å². The van der Waals surface area contributed by atoms with Crippen LogP contribution in [-0.2, 0) is 4.79 Å². The van der Waals surface area contributed by atoms with Gasteiger partial charge in [0.2, 0.25) is 0 Å². The van der Waals surface area contributed by atoms with Crippen molar-refractivity contribution in [2.75, 3.05) is 20.1 Å². The van der Waals surface area contributed by atoms with Gasteiger partial charge in [0, 0.05) is 6.54 Å². The Morgan fingerprint density at radius 3 is 2.91 bits per heavy atom. The summed E-state index contributed by atoms with van der Waals surface area (Å²) in [6, 6.07) is 0. The van der Waals surface area contributed by atoms with E-state index in [1.807, 2.05) is 0 Å². The fourth-order valence-electron chi connectivity index (χ4n) is 1.49. The van der Waals surface area contributed by atoms with Crippen molar-refractivity contribution in [2.24, 2.45) is 0 Å². The van der Waals surface area contributed by atoms with Crippen molar-refractivity contribution in [3.05, 3.63) is 11.6 Å². The maximum Gasteiger partial charge on any atom is 0.152 e. The summed E-state index contributed by atoms with van der Waals surface area (Å²) in [6.07, 6.45) is 4.06. The van der Waals surface area contributed by atoms with E-state index in [1.165, 1.54) is 12.0 Å². The van der Waals surface area contributed by atoms with Gasteiger partial charge in [0.15, 0.2) is 5.78 Å². The number of allylic oxidation sites excluding steroid dienone is 1. The minimum Gasteiger partial charge on any atom is -0.302 e. The van der Waals surface area contributed by atoms with Crippen molar-refractivity contribution in [2.45, 2.75) is 19.8 Å². The third-order valence-corrected chi connectivity index (χ3v) is 1.92. The Morgan fingerprint density at radius 1 is 1.64 bits per heavy atom. The van der Waals surface area contributed by atoms with Crippen molar-refractivity contribution < 1.29 is 4.79 Å². The van der Waals surface area contributed by atoms with Gasteiger partial charge in [-0.2, -0.15) is 0 Å². The fraction of sp³-hybridized carbons (Fsp3) is 0.667. The highest BCUT2D eigenvalue weighted by atomic mass is 16.1. The summed E-state index contributed by atoms with van der Waals surface area (Å²) in [7, 11) is 2.09. The van der Waals surface area contributed by atoms with Gasteiger partial charge in [-0.05, 0) is 39.4 Å². The predicted molar refractivity (Wildman–Crippen MR) is 45.5 cm³/mol. The van der Waals surface area contributed by atoms with Gasteiger partial charge in [-0.3, -0.25) is 4.79 Å². The molecule has 0 N–H and O–H groups in total. The Balaban J connectivity index is 2.52. The van der Waals surface area contributed by atoms with Crippen LogP contribution in [0.15, 0.2) is 11.6 Å². The average molecular weight is 153 g/mol. The zero-order chi connectivity index (χ0) is 8.27. The number of piperidine rings is 1. The van der Waals surface area contributed by atoms with E-state index in [9.17, 15) is 4.79 Å². The van der Waals surface area contributed by atoms with Crippen LogP contribution >= 0.6 is 0 Å². The molecule has 1 aliphatic heterocycles. The van der Waals surface area contributed by atoms with Crippen LogP contribution in [0.5, 0.6) is 0 Å². The molecule has 1 aliphatic rings. The van der Waals surface area contributed by atoms with Gasteiger partial charge in [0.1, 0.15) is 0 Å². The van der Waals surface area contributed by atoms with E-state index in [0.717, 1.165) is 19.5 Å². The SMILES string of the molecule is CC(=O)C=C1CCCN(C)C1. The van der Waals surface area contributed by atoms with Crippen LogP contribution in [0.3, 0.4) is 0 Å². The zero-order valence-corrected chi connectivity index (χ0v) is 7.26. The van der Waals surface area contributed by atoms with Crippen LogP contribution in [0.2, 0.25) is 0 Å². The largest absolute Gasteiger partial charge is 0.302 e. The lowest BCUT2D eigenvalue weighted by atomic mass is 10.0. The molecule has 0 aromatic heterocycles. The second-order valence-electron chi connectivity index (χ2n) is 3.25. The Kier molecular flexibility index (Phi) is 2.83. The van der Waals surface area contributed by atoms with Crippen molar-refractivity contribution in [1.82, 2.24) is 4.90 Å². The first-order chi connectivity index (χ1) is 5.18. The highest BCUT2D eigenvalue weighted by Crippen LogP contribution is 2.13. The molecule has 1 heterocycles. The van der Waals surface area contributed by atoms with Gasteiger partial charge < -0.3 is 4.90 Å². The minimum atomic E-state index is 0.176. The molecule has 0 spiro atoms. The normalized spacial score (nSPS) is 24.0. The lowest BCUT2D eigenvalue weighted by Gasteiger charge is -2.23. The molecule has 0 amide bonds. The molecule has 0 atom stereocenters. The molecular weight excluding hydrogens is 138 g/mol. The Morgan fingerprint density at radius 2 is 2.36 bits per heavy atom. The van der Waals surface area contributed by atoms with E-state index in [4.69, 9.17) is 0 Å². The first-order valence-corrected chi connectivity index (χ1v) is 4.07. The number of carbonyl (C=O) groups excluding carboxylic acids is 1. The molecule has 0 bridgehead atoms. The number of carbonyl (C=O) groups is 1. The molecule has 0 aromatic carbocycles. The smallest absolute Gasteiger partial charge is 0.152 e. The van der Waals surface area contributed by atoms with Crippen LogP contribution < -0.4 is 0 Å². The van der Waals surface area contributed by atoms with Crippen LogP contribution in [-0.4, -0.2) is 30.8 Å². The number of likely N-dealkylation sites (N-methyl/N-ethyl adjacent to an activating group) is 1. The number of ketones is 1. The number of hydrogen-bond donors (Lipinski definition) is 0. The monoisotopic (exact) mass is 153 g/mol. The highest BCUT2D eigenvalue weighted by molar-refractivity contribution is 5.88. The summed E-state index contributed by atoms with van der Waals surface area (Å²) in [6.45, 7) is 3.75. The number of likely N-dealkylation sites (tertiary alicyclic amines) is 1. The molecule has 0 aromatic rings. The topological polar surface area (TPSA) is 20.3 Å². The Bertz CT molecular complexity index is 184. The summed E-state index contributed by atoms with van der Waals surface area (Å²) >= 11 is 0. The first-order valence-electron chi connectivity index (χ1n) is 4.07. The van der Waals surface area contributed by atoms with Crippen molar-refractivity contribution in [3.63, 3.8) is 0 Å². The Labute approximate surface area is 67.9 Å². The molecule has 1 saturated heterocycles. The van der Waals surface area contributed by atoms with Crippen molar-refractivity contribution in [1.29, 1.82) is 0 Å².